The largest absolute Gasteiger partial charge is 0.490 e. The van der Waals surface area contributed by atoms with Crippen LogP contribution in [0.15, 0.2) is 59.1 Å². The van der Waals surface area contributed by atoms with E-state index in [4.69, 9.17) is 4.74 Å². The second-order valence-electron chi connectivity index (χ2n) is 5.53. The number of nitrogens with zero attached hydrogens (tertiary/aromatic N) is 1. The first-order valence-corrected chi connectivity index (χ1v) is 8.27. The summed E-state index contributed by atoms with van der Waals surface area (Å²) in [7, 11) is 0. The van der Waals surface area contributed by atoms with Gasteiger partial charge in [-0.15, -0.1) is 12.4 Å². The number of ether oxygens (including phenoxy) is 1. The Kier molecular flexibility index (Phi) is 6.74. The molecular formula is C18H21BrClNO. The van der Waals surface area contributed by atoms with Gasteiger partial charge in [-0.2, -0.15) is 0 Å². The van der Waals surface area contributed by atoms with Crippen molar-refractivity contribution in [1.29, 1.82) is 0 Å². The average Bonchev–Trinajstić information content (AvgIpc) is 2.53. The number of halogens is 2. The highest BCUT2D eigenvalue weighted by Gasteiger charge is 2.20. The maximum absolute atomic E-state index is 6.06. The summed E-state index contributed by atoms with van der Waals surface area (Å²) in [4.78, 5) is 2.51. The molecule has 1 saturated heterocycles. The zero-order chi connectivity index (χ0) is 14.5. The van der Waals surface area contributed by atoms with Crippen molar-refractivity contribution in [3.63, 3.8) is 0 Å². The van der Waals surface area contributed by atoms with Crippen molar-refractivity contribution >= 4 is 28.3 Å². The summed E-state index contributed by atoms with van der Waals surface area (Å²) in [5.74, 6) is 0.972. The maximum Gasteiger partial charge on any atom is 0.119 e. The molecule has 0 aromatic heterocycles. The molecule has 0 saturated carbocycles. The minimum absolute atomic E-state index is 0. The lowest BCUT2D eigenvalue weighted by Gasteiger charge is -2.32. The van der Waals surface area contributed by atoms with Crippen molar-refractivity contribution in [3.8, 4) is 5.75 Å². The van der Waals surface area contributed by atoms with Gasteiger partial charge in [0.05, 0.1) is 0 Å². The third kappa shape index (κ3) is 5.01. The van der Waals surface area contributed by atoms with Crippen molar-refractivity contribution in [2.24, 2.45) is 0 Å². The lowest BCUT2D eigenvalue weighted by atomic mass is 10.1. The van der Waals surface area contributed by atoms with Crippen molar-refractivity contribution < 1.29 is 4.74 Å². The minimum atomic E-state index is 0. The van der Waals surface area contributed by atoms with Crippen LogP contribution < -0.4 is 4.74 Å². The number of hydrogen-bond acceptors (Lipinski definition) is 2. The number of likely N-dealkylation sites (tertiary alicyclic amines) is 1. The van der Waals surface area contributed by atoms with E-state index in [9.17, 15) is 0 Å². The first kappa shape index (κ1) is 17.3. The van der Waals surface area contributed by atoms with Gasteiger partial charge in [0.2, 0.25) is 0 Å². The molecule has 2 aromatic carbocycles. The Hall–Kier alpha value is -1.03. The van der Waals surface area contributed by atoms with E-state index < -0.39 is 0 Å². The monoisotopic (exact) mass is 381 g/mol. The van der Waals surface area contributed by atoms with E-state index >= 15 is 0 Å². The van der Waals surface area contributed by atoms with Gasteiger partial charge in [-0.3, -0.25) is 4.90 Å². The number of piperidine rings is 1. The molecule has 0 aliphatic carbocycles. The lowest BCUT2D eigenvalue weighted by Crippen LogP contribution is -2.37. The van der Waals surface area contributed by atoms with E-state index in [-0.39, 0.29) is 12.4 Å². The zero-order valence-corrected chi connectivity index (χ0v) is 14.9. The molecule has 0 amide bonds. The van der Waals surface area contributed by atoms with Crippen LogP contribution in [0, 0.1) is 0 Å². The second kappa shape index (κ2) is 8.56. The first-order valence-electron chi connectivity index (χ1n) is 7.48. The topological polar surface area (TPSA) is 12.5 Å². The molecular weight excluding hydrogens is 362 g/mol. The van der Waals surface area contributed by atoms with Gasteiger partial charge >= 0.3 is 0 Å². The summed E-state index contributed by atoms with van der Waals surface area (Å²) < 4.78 is 7.15. The maximum atomic E-state index is 6.06. The Bertz CT molecular complexity index is 553. The standard InChI is InChI=1S/C18H20BrNO.ClH/c19-16-6-8-17(9-7-16)21-18-10-12-20(13-11-18)14-15-4-2-1-3-5-15;/h1-9,18H,10-14H2;1H. The van der Waals surface area contributed by atoms with Crippen LogP contribution in [0.1, 0.15) is 18.4 Å². The zero-order valence-electron chi connectivity index (χ0n) is 12.5. The molecule has 2 nitrogen and oxygen atoms in total. The highest BCUT2D eigenvalue weighted by Crippen LogP contribution is 2.22. The average molecular weight is 383 g/mol. The van der Waals surface area contributed by atoms with E-state index in [1.165, 1.54) is 5.56 Å². The Balaban J connectivity index is 0.00000176. The lowest BCUT2D eigenvalue weighted by molar-refractivity contribution is 0.0968. The molecule has 0 radical (unpaired) electrons. The van der Waals surface area contributed by atoms with Crippen molar-refractivity contribution in [2.75, 3.05) is 13.1 Å². The molecule has 1 fully saturated rings. The summed E-state index contributed by atoms with van der Waals surface area (Å²) in [6.45, 7) is 3.26. The molecule has 0 N–H and O–H groups in total. The summed E-state index contributed by atoms with van der Waals surface area (Å²) in [6.07, 6.45) is 2.55. The van der Waals surface area contributed by atoms with E-state index in [0.717, 1.165) is 42.7 Å². The third-order valence-electron chi connectivity index (χ3n) is 3.90. The van der Waals surface area contributed by atoms with E-state index in [2.05, 4.69) is 51.2 Å². The van der Waals surface area contributed by atoms with Crippen molar-refractivity contribution in [2.45, 2.75) is 25.5 Å². The van der Waals surface area contributed by atoms with Gasteiger partial charge in [-0.1, -0.05) is 46.3 Å². The predicted molar refractivity (Wildman–Crippen MR) is 96.8 cm³/mol. The number of hydrogen-bond donors (Lipinski definition) is 0. The molecule has 0 spiro atoms. The van der Waals surface area contributed by atoms with Gasteiger partial charge in [-0.05, 0) is 42.7 Å². The van der Waals surface area contributed by atoms with Gasteiger partial charge in [0, 0.05) is 24.1 Å². The van der Waals surface area contributed by atoms with E-state index in [0.29, 0.717) is 6.10 Å². The quantitative estimate of drug-likeness (QED) is 0.744. The molecule has 22 heavy (non-hydrogen) atoms. The molecule has 2 aromatic rings. The summed E-state index contributed by atoms with van der Waals surface area (Å²) in [5.41, 5.74) is 1.39. The Morgan fingerprint density at radius 2 is 1.59 bits per heavy atom. The number of rotatable bonds is 4. The van der Waals surface area contributed by atoms with Crippen LogP contribution in [-0.2, 0) is 6.54 Å². The smallest absolute Gasteiger partial charge is 0.119 e. The van der Waals surface area contributed by atoms with E-state index in [1.807, 2.05) is 24.3 Å². The Morgan fingerprint density at radius 1 is 0.955 bits per heavy atom. The molecule has 3 rings (SSSR count). The van der Waals surface area contributed by atoms with Crippen LogP contribution in [-0.4, -0.2) is 24.1 Å². The first-order chi connectivity index (χ1) is 10.3. The van der Waals surface area contributed by atoms with Crippen LogP contribution in [0.3, 0.4) is 0 Å². The van der Waals surface area contributed by atoms with Gasteiger partial charge < -0.3 is 4.74 Å². The summed E-state index contributed by atoms with van der Waals surface area (Å²) in [6, 6.07) is 18.8. The van der Waals surface area contributed by atoms with Crippen LogP contribution in [0.2, 0.25) is 0 Å². The fourth-order valence-corrected chi connectivity index (χ4v) is 3.00. The van der Waals surface area contributed by atoms with Crippen LogP contribution >= 0.6 is 28.3 Å². The summed E-state index contributed by atoms with van der Waals surface area (Å²) in [5, 5.41) is 0. The van der Waals surface area contributed by atoms with Crippen LogP contribution in [0.4, 0.5) is 0 Å². The molecule has 118 valence electrons. The third-order valence-corrected chi connectivity index (χ3v) is 4.43. The summed E-state index contributed by atoms with van der Waals surface area (Å²) >= 11 is 3.45. The second-order valence-corrected chi connectivity index (χ2v) is 6.45. The fraction of sp³-hybridized carbons (Fsp3) is 0.333. The molecule has 1 heterocycles. The Morgan fingerprint density at radius 3 is 2.23 bits per heavy atom. The van der Waals surface area contributed by atoms with Gasteiger partial charge in [0.1, 0.15) is 11.9 Å². The van der Waals surface area contributed by atoms with Crippen molar-refractivity contribution in [3.05, 3.63) is 64.6 Å². The highest BCUT2D eigenvalue weighted by molar-refractivity contribution is 9.10. The normalized spacial score (nSPS) is 16.0. The van der Waals surface area contributed by atoms with Crippen molar-refractivity contribution in [1.82, 2.24) is 4.90 Å². The van der Waals surface area contributed by atoms with Gasteiger partial charge in [-0.25, -0.2) is 0 Å². The molecule has 1 aliphatic heterocycles. The van der Waals surface area contributed by atoms with Gasteiger partial charge in [0.15, 0.2) is 0 Å². The fourth-order valence-electron chi connectivity index (χ4n) is 2.73. The predicted octanol–water partition coefficient (Wildman–Crippen LogP) is 4.91. The van der Waals surface area contributed by atoms with Gasteiger partial charge in [0.25, 0.3) is 0 Å². The number of benzene rings is 2. The molecule has 0 atom stereocenters. The molecule has 0 bridgehead atoms. The van der Waals surface area contributed by atoms with E-state index in [1.54, 1.807) is 0 Å². The van der Waals surface area contributed by atoms with Crippen LogP contribution in [0.5, 0.6) is 5.75 Å². The molecule has 0 unspecified atom stereocenters. The van der Waals surface area contributed by atoms with Crippen LogP contribution in [0.25, 0.3) is 0 Å². The molecule has 4 heteroatoms. The Labute approximate surface area is 147 Å². The minimum Gasteiger partial charge on any atom is -0.490 e. The highest BCUT2D eigenvalue weighted by atomic mass is 79.9. The molecule has 1 aliphatic rings. The SMILES string of the molecule is Brc1ccc(OC2CCN(Cc3ccccc3)CC2)cc1.Cl.